The van der Waals surface area contributed by atoms with E-state index in [0.29, 0.717) is 11.3 Å². The zero-order valence-electron chi connectivity index (χ0n) is 12.8. The summed E-state index contributed by atoms with van der Waals surface area (Å²) in [6.45, 7) is 1.65. The molecule has 2 rings (SSSR count). The third-order valence-electron chi connectivity index (χ3n) is 3.22. The number of anilines is 1. The molecule has 6 nitrogen and oxygen atoms in total. The van der Waals surface area contributed by atoms with Gasteiger partial charge >= 0.3 is 0 Å². The van der Waals surface area contributed by atoms with Gasteiger partial charge in [0.15, 0.2) is 0 Å². The lowest BCUT2D eigenvalue weighted by Gasteiger charge is -2.04. The molecule has 0 saturated heterocycles. The van der Waals surface area contributed by atoms with Crippen molar-refractivity contribution in [3.05, 3.63) is 69.8 Å². The van der Waals surface area contributed by atoms with E-state index in [1.54, 1.807) is 44.4 Å². The molecule has 1 amide bonds. The molecule has 0 aliphatic rings. The van der Waals surface area contributed by atoms with Crippen molar-refractivity contribution in [3.63, 3.8) is 0 Å². The zero-order chi connectivity index (χ0) is 16.8. The van der Waals surface area contributed by atoms with Gasteiger partial charge in [0.2, 0.25) is 5.91 Å². The highest BCUT2D eigenvalue weighted by atomic mass is 16.6. The van der Waals surface area contributed by atoms with Crippen molar-refractivity contribution in [2.45, 2.75) is 6.92 Å². The van der Waals surface area contributed by atoms with Crippen LogP contribution in [0.5, 0.6) is 5.75 Å². The van der Waals surface area contributed by atoms with Crippen molar-refractivity contribution in [1.29, 1.82) is 0 Å². The number of ether oxygens (including phenoxy) is 1. The Balaban J connectivity index is 2.05. The number of nitro groups is 1. The second kappa shape index (κ2) is 7.22. The summed E-state index contributed by atoms with van der Waals surface area (Å²) in [7, 11) is 1.58. The van der Waals surface area contributed by atoms with Crippen molar-refractivity contribution in [1.82, 2.24) is 0 Å². The number of hydrogen-bond donors (Lipinski definition) is 1. The molecule has 0 bridgehead atoms. The van der Waals surface area contributed by atoms with Crippen LogP contribution < -0.4 is 10.1 Å². The fraction of sp³-hybridized carbons (Fsp3) is 0.118. The number of nitrogens with zero attached hydrogens (tertiary/aromatic N) is 1. The SMILES string of the molecule is COc1ccc(C=CC(=O)Nc2ccc(C)c([N+](=O)[O-])c2)cc1. The van der Waals surface area contributed by atoms with E-state index in [4.69, 9.17) is 4.74 Å². The minimum Gasteiger partial charge on any atom is -0.497 e. The third-order valence-corrected chi connectivity index (χ3v) is 3.22. The van der Waals surface area contributed by atoms with Gasteiger partial charge in [-0.05, 0) is 36.8 Å². The topological polar surface area (TPSA) is 81.5 Å². The van der Waals surface area contributed by atoms with E-state index < -0.39 is 4.92 Å². The second-order valence-corrected chi connectivity index (χ2v) is 4.85. The van der Waals surface area contributed by atoms with E-state index >= 15 is 0 Å². The van der Waals surface area contributed by atoms with Crippen LogP contribution in [-0.4, -0.2) is 17.9 Å². The van der Waals surface area contributed by atoms with Gasteiger partial charge in [0.1, 0.15) is 5.75 Å². The normalized spacial score (nSPS) is 10.5. The first kappa shape index (κ1) is 16.2. The van der Waals surface area contributed by atoms with Crippen LogP contribution in [0.15, 0.2) is 48.5 Å². The van der Waals surface area contributed by atoms with Crippen LogP contribution in [0.3, 0.4) is 0 Å². The predicted octanol–water partition coefficient (Wildman–Crippen LogP) is 3.56. The maximum absolute atomic E-state index is 11.9. The Kier molecular flexibility index (Phi) is 5.09. The average molecular weight is 312 g/mol. The van der Waals surface area contributed by atoms with Crippen molar-refractivity contribution in [2.75, 3.05) is 12.4 Å². The highest BCUT2D eigenvalue weighted by molar-refractivity contribution is 6.02. The standard InChI is InChI=1S/C17H16N2O4/c1-12-3-7-14(11-16(12)19(21)22)18-17(20)10-6-13-4-8-15(23-2)9-5-13/h3-11H,1-2H3,(H,18,20). The Morgan fingerprint density at radius 2 is 1.91 bits per heavy atom. The van der Waals surface area contributed by atoms with Gasteiger partial charge in [-0.15, -0.1) is 0 Å². The summed E-state index contributed by atoms with van der Waals surface area (Å²) in [6, 6.07) is 11.8. The average Bonchev–Trinajstić information content (AvgIpc) is 2.55. The van der Waals surface area contributed by atoms with Crippen LogP contribution in [0.1, 0.15) is 11.1 Å². The minimum atomic E-state index is -0.474. The Labute approximate surface area is 133 Å². The van der Waals surface area contributed by atoms with Crippen LogP contribution in [0.4, 0.5) is 11.4 Å². The van der Waals surface area contributed by atoms with Gasteiger partial charge in [0, 0.05) is 23.4 Å². The minimum absolute atomic E-state index is 0.0260. The second-order valence-electron chi connectivity index (χ2n) is 4.85. The Hall–Kier alpha value is -3.15. The van der Waals surface area contributed by atoms with Gasteiger partial charge in [-0.2, -0.15) is 0 Å². The molecular formula is C17H16N2O4. The summed E-state index contributed by atoms with van der Waals surface area (Å²) in [6.07, 6.45) is 3.02. The van der Waals surface area contributed by atoms with Crippen LogP contribution in [0.25, 0.3) is 6.08 Å². The molecule has 0 fully saturated rings. The fourth-order valence-corrected chi connectivity index (χ4v) is 1.95. The quantitative estimate of drug-likeness (QED) is 0.520. The lowest BCUT2D eigenvalue weighted by molar-refractivity contribution is -0.385. The number of amides is 1. The van der Waals surface area contributed by atoms with E-state index in [2.05, 4.69) is 5.32 Å². The molecule has 0 aliphatic carbocycles. The maximum atomic E-state index is 11.9. The van der Waals surface area contributed by atoms with E-state index in [-0.39, 0.29) is 11.6 Å². The van der Waals surface area contributed by atoms with Gasteiger partial charge in [-0.25, -0.2) is 0 Å². The molecule has 0 radical (unpaired) electrons. The Bertz CT molecular complexity index is 752. The Morgan fingerprint density at radius 3 is 2.52 bits per heavy atom. The number of nitro benzene ring substituents is 1. The smallest absolute Gasteiger partial charge is 0.274 e. The summed E-state index contributed by atoms with van der Waals surface area (Å²) >= 11 is 0. The van der Waals surface area contributed by atoms with Gasteiger partial charge < -0.3 is 10.1 Å². The zero-order valence-corrected chi connectivity index (χ0v) is 12.8. The van der Waals surface area contributed by atoms with Gasteiger partial charge in [-0.1, -0.05) is 18.2 Å². The molecule has 2 aromatic carbocycles. The van der Waals surface area contributed by atoms with E-state index in [1.807, 2.05) is 12.1 Å². The number of carbonyl (C=O) groups excluding carboxylic acids is 1. The number of carbonyl (C=O) groups is 1. The van der Waals surface area contributed by atoms with Crippen LogP contribution >= 0.6 is 0 Å². The Morgan fingerprint density at radius 1 is 1.22 bits per heavy atom. The molecule has 6 heteroatoms. The summed E-state index contributed by atoms with van der Waals surface area (Å²) in [5.74, 6) is 0.373. The molecular weight excluding hydrogens is 296 g/mol. The largest absolute Gasteiger partial charge is 0.497 e. The third kappa shape index (κ3) is 4.41. The predicted molar refractivity (Wildman–Crippen MR) is 88.5 cm³/mol. The molecule has 2 aromatic rings. The number of rotatable bonds is 5. The summed E-state index contributed by atoms with van der Waals surface area (Å²) < 4.78 is 5.06. The lowest BCUT2D eigenvalue weighted by Crippen LogP contribution is -2.08. The number of methoxy groups -OCH3 is 1. The number of benzene rings is 2. The van der Waals surface area contributed by atoms with Crippen LogP contribution in [0.2, 0.25) is 0 Å². The van der Waals surface area contributed by atoms with Crippen molar-refractivity contribution < 1.29 is 14.5 Å². The van der Waals surface area contributed by atoms with Crippen molar-refractivity contribution in [3.8, 4) is 5.75 Å². The molecule has 0 atom stereocenters. The highest BCUT2D eigenvalue weighted by Gasteiger charge is 2.11. The summed E-state index contributed by atoms with van der Waals surface area (Å²) in [4.78, 5) is 22.3. The fourth-order valence-electron chi connectivity index (χ4n) is 1.95. The van der Waals surface area contributed by atoms with Crippen molar-refractivity contribution >= 4 is 23.4 Å². The van der Waals surface area contributed by atoms with Gasteiger partial charge in [-0.3, -0.25) is 14.9 Å². The van der Waals surface area contributed by atoms with Crippen molar-refractivity contribution in [2.24, 2.45) is 0 Å². The first-order valence-electron chi connectivity index (χ1n) is 6.88. The summed E-state index contributed by atoms with van der Waals surface area (Å²) in [5.41, 5.74) is 1.74. The first-order valence-corrected chi connectivity index (χ1v) is 6.88. The highest BCUT2D eigenvalue weighted by Crippen LogP contribution is 2.22. The molecule has 0 aliphatic heterocycles. The first-order chi connectivity index (χ1) is 11.0. The molecule has 0 unspecified atom stereocenters. The maximum Gasteiger partial charge on any atom is 0.274 e. The summed E-state index contributed by atoms with van der Waals surface area (Å²) in [5, 5.41) is 13.5. The molecule has 0 saturated carbocycles. The molecule has 1 N–H and O–H groups in total. The molecule has 118 valence electrons. The number of hydrogen-bond acceptors (Lipinski definition) is 4. The number of nitrogens with one attached hydrogen (secondary N) is 1. The van der Waals surface area contributed by atoms with Gasteiger partial charge in [0.25, 0.3) is 5.69 Å². The van der Waals surface area contributed by atoms with E-state index in [1.165, 1.54) is 12.1 Å². The van der Waals surface area contributed by atoms with Crippen LogP contribution in [0, 0.1) is 17.0 Å². The van der Waals surface area contributed by atoms with E-state index in [0.717, 1.165) is 11.3 Å². The lowest BCUT2D eigenvalue weighted by atomic mass is 10.2. The molecule has 0 aromatic heterocycles. The van der Waals surface area contributed by atoms with E-state index in [9.17, 15) is 14.9 Å². The van der Waals surface area contributed by atoms with Gasteiger partial charge in [0.05, 0.1) is 12.0 Å². The monoisotopic (exact) mass is 312 g/mol. The molecule has 23 heavy (non-hydrogen) atoms. The number of aryl methyl sites for hydroxylation is 1. The molecule has 0 heterocycles. The molecule has 0 spiro atoms. The van der Waals surface area contributed by atoms with Crippen LogP contribution in [-0.2, 0) is 4.79 Å².